The first-order valence-corrected chi connectivity index (χ1v) is 8.95. The van der Waals surface area contributed by atoms with E-state index in [1.54, 1.807) is 24.3 Å². The van der Waals surface area contributed by atoms with Gasteiger partial charge in [0.25, 0.3) is 0 Å². The first-order chi connectivity index (χ1) is 12.5. The highest BCUT2D eigenvalue weighted by molar-refractivity contribution is 6.30. The molecule has 1 saturated heterocycles. The minimum absolute atomic E-state index is 0.326. The van der Waals surface area contributed by atoms with E-state index in [9.17, 15) is 18.3 Å². The summed E-state index contributed by atoms with van der Waals surface area (Å²) in [7, 11) is 1.98. The van der Waals surface area contributed by atoms with Crippen molar-refractivity contribution in [1.29, 1.82) is 0 Å². The maximum absolute atomic E-state index is 12.4. The van der Waals surface area contributed by atoms with E-state index in [1.165, 1.54) is 24.3 Å². The fraction of sp³-hybridized carbons (Fsp3) is 0.400. The van der Waals surface area contributed by atoms with Gasteiger partial charge in [0.2, 0.25) is 0 Å². The van der Waals surface area contributed by atoms with Crippen molar-refractivity contribution in [2.75, 3.05) is 20.1 Å². The number of hydrogen-bond acceptors (Lipinski definition) is 3. The predicted molar refractivity (Wildman–Crippen MR) is 97.8 cm³/mol. The van der Waals surface area contributed by atoms with Gasteiger partial charge in [-0.1, -0.05) is 42.8 Å². The molecule has 1 N–H and O–H groups in total. The lowest BCUT2D eigenvalue weighted by atomic mass is 9.65. The Hall–Kier alpha value is -1.76. The summed E-state index contributed by atoms with van der Waals surface area (Å²) in [6.07, 6.45) is -4.03. The first kappa shape index (κ1) is 20.0. The fourth-order valence-electron chi connectivity index (χ4n) is 3.96. The maximum atomic E-state index is 12.4. The molecule has 0 aliphatic carbocycles. The number of benzene rings is 2. The van der Waals surface area contributed by atoms with E-state index >= 15 is 0 Å². The molecule has 3 rings (SSSR count). The van der Waals surface area contributed by atoms with E-state index in [4.69, 9.17) is 11.6 Å². The zero-order chi connectivity index (χ0) is 19.9. The van der Waals surface area contributed by atoms with Gasteiger partial charge in [0, 0.05) is 17.0 Å². The monoisotopic (exact) mass is 399 g/mol. The van der Waals surface area contributed by atoms with Crippen LogP contribution in [0.5, 0.6) is 5.75 Å². The second-order valence-electron chi connectivity index (χ2n) is 7.34. The van der Waals surface area contributed by atoms with Crippen molar-refractivity contribution in [2.45, 2.75) is 25.3 Å². The molecule has 0 bridgehead atoms. The van der Waals surface area contributed by atoms with Crippen molar-refractivity contribution in [3.63, 3.8) is 0 Å². The standard InChI is InChI=1S/C20H21ClF3NO2/c1-18(10-11-25(2)13-18)19(26,15-4-3-5-16(21)12-15)14-6-8-17(9-7-14)27-20(22,23)24/h3-9,12,26H,10-11,13H2,1-2H3/t18?,19-/m1/s1. The van der Waals surface area contributed by atoms with Crippen LogP contribution >= 0.6 is 11.6 Å². The number of halogens is 4. The maximum Gasteiger partial charge on any atom is 0.573 e. The lowest BCUT2D eigenvalue weighted by Crippen LogP contribution is -2.46. The molecule has 0 radical (unpaired) electrons. The Bertz CT molecular complexity index is 812. The highest BCUT2D eigenvalue weighted by Crippen LogP contribution is 2.50. The summed E-state index contributed by atoms with van der Waals surface area (Å²) in [5, 5.41) is 12.4. The number of rotatable bonds is 4. The Labute approximate surface area is 161 Å². The summed E-state index contributed by atoms with van der Waals surface area (Å²) in [6.45, 7) is 3.43. The topological polar surface area (TPSA) is 32.7 Å². The SMILES string of the molecule is CN1CCC(C)([C@@](O)(c2ccc(OC(F)(F)F)cc2)c2cccc(Cl)c2)C1. The average molecular weight is 400 g/mol. The van der Waals surface area contributed by atoms with Crippen LogP contribution in [-0.4, -0.2) is 36.5 Å². The van der Waals surface area contributed by atoms with Crippen LogP contribution in [0, 0.1) is 5.41 Å². The summed E-state index contributed by atoms with van der Waals surface area (Å²) in [6, 6.07) is 12.4. The van der Waals surface area contributed by atoms with Crippen LogP contribution in [0.25, 0.3) is 0 Å². The third-order valence-electron chi connectivity index (χ3n) is 5.29. The molecule has 1 heterocycles. The van der Waals surface area contributed by atoms with Crippen LogP contribution in [0.15, 0.2) is 48.5 Å². The van der Waals surface area contributed by atoms with Crippen molar-refractivity contribution in [2.24, 2.45) is 5.41 Å². The van der Waals surface area contributed by atoms with Crippen LogP contribution in [0.3, 0.4) is 0 Å². The van der Waals surface area contributed by atoms with Crippen LogP contribution in [0.2, 0.25) is 5.02 Å². The van der Waals surface area contributed by atoms with Gasteiger partial charge in [0.05, 0.1) is 0 Å². The van der Waals surface area contributed by atoms with Gasteiger partial charge in [-0.2, -0.15) is 0 Å². The molecule has 2 aromatic rings. The van der Waals surface area contributed by atoms with Crippen molar-refractivity contribution in [1.82, 2.24) is 4.90 Å². The summed E-state index contributed by atoms with van der Waals surface area (Å²) < 4.78 is 41.3. The molecule has 1 unspecified atom stereocenters. The quantitative estimate of drug-likeness (QED) is 0.800. The highest BCUT2D eigenvalue weighted by Gasteiger charge is 2.52. The number of aliphatic hydroxyl groups is 1. The van der Waals surface area contributed by atoms with Gasteiger partial charge in [0.1, 0.15) is 11.4 Å². The minimum atomic E-state index is -4.76. The zero-order valence-corrected chi connectivity index (χ0v) is 15.8. The Morgan fingerprint density at radius 2 is 1.78 bits per heavy atom. The van der Waals surface area contributed by atoms with Gasteiger partial charge in [-0.15, -0.1) is 13.2 Å². The number of alkyl halides is 3. The lowest BCUT2D eigenvalue weighted by molar-refractivity contribution is -0.274. The van der Waals surface area contributed by atoms with Crippen LogP contribution in [-0.2, 0) is 5.60 Å². The molecule has 1 fully saturated rings. The second-order valence-corrected chi connectivity index (χ2v) is 7.78. The van der Waals surface area contributed by atoms with Crippen molar-refractivity contribution in [3.8, 4) is 5.75 Å². The van der Waals surface area contributed by atoms with Crippen LogP contribution < -0.4 is 4.74 Å². The molecule has 0 aromatic heterocycles. The molecule has 0 saturated carbocycles. The fourth-order valence-corrected chi connectivity index (χ4v) is 4.15. The second kappa shape index (κ2) is 7.00. The number of likely N-dealkylation sites (tertiary alicyclic amines) is 1. The molecule has 27 heavy (non-hydrogen) atoms. The Morgan fingerprint density at radius 1 is 1.11 bits per heavy atom. The van der Waals surface area contributed by atoms with Gasteiger partial charge in [-0.05, 0) is 55.4 Å². The summed E-state index contributed by atoms with van der Waals surface area (Å²) in [5.74, 6) is -0.326. The molecular weight excluding hydrogens is 379 g/mol. The summed E-state index contributed by atoms with van der Waals surface area (Å²) in [4.78, 5) is 2.12. The Morgan fingerprint density at radius 3 is 2.30 bits per heavy atom. The summed E-state index contributed by atoms with van der Waals surface area (Å²) in [5.41, 5.74) is -0.854. The molecule has 1 aliphatic heterocycles. The van der Waals surface area contributed by atoms with Crippen molar-refractivity contribution in [3.05, 3.63) is 64.7 Å². The third-order valence-corrected chi connectivity index (χ3v) is 5.52. The minimum Gasteiger partial charge on any atom is -0.406 e. The average Bonchev–Trinajstić information content (AvgIpc) is 2.94. The molecule has 0 spiro atoms. The van der Waals surface area contributed by atoms with E-state index in [2.05, 4.69) is 9.64 Å². The molecular formula is C20H21ClF3NO2. The van der Waals surface area contributed by atoms with Crippen LogP contribution in [0.4, 0.5) is 13.2 Å². The van der Waals surface area contributed by atoms with Gasteiger partial charge >= 0.3 is 6.36 Å². The predicted octanol–water partition coefficient (Wildman–Crippen LogP) is 4.82. The molecule has 2 aromatic carbocycles. The molecule has 1 aliphatic rings. The Kier molecular flexibility index (Phi) is 5.18. The normalized spacial score (nSPS) is 23.2. The highest BCUT2D eigenvalue weighted by atomic mass is 35.5. The van der Waals surface area contributed by atoms with Gasteiger partial charge < -0.3 is 14.7 Å². The molecule has 146 valence electrons. The van der Waals surface area contributed by atoms with Gasteiger partial charge in [-0.3, -0.25) is 0 Å². The first-order valence-electron chi connectivity index (χ1n) is 8.57. The van der Waals surface area contributed by atoms with E-state index in [-0.39, 0.29) is 5.75 Å². The largest absolute Gasteiger partial charge is 0.573 e. The number of ether oxygens (including phenoxy) is 1. The van der Waals surface area contributed by atoms with Gasteiger partial charge in [-0.25, -0.2) is 0 Å². The van der Waals surface area contributed by atoms with Crippen LogP contribution in [0.1, 0.15) is 24.5 Å². The Balaban J connectivity index is 2.08. The zero-order valence-electron chi connectivity index (χ0n) is 15.1. The van der Waals surface area contributed by atoms with E-state index in [1.807, 2.05) is 14.0 Å². The smallest absolute Gasteiger partial charge is 0.406 e. The molecule has 7 heteroatoms. The molecule has 3 nitrogen and oxygen atoms in total. The summed E-state index contributed by atoms with van der Waals surface area (Å²) >= 11 is 6.15. The van der Waals surface area contributed by atoms with Crippen molar-refractivity contribution >= 4 is 11.6 Å². The van der Waals surface area contributed by atoms with E-state index in [0.29, 0.717) is 22.7 Å². The third kappa shape index (κ3) is 3.93. The number of hydrogen-bond donors (Lipinski definition) is 1. The number of nitrogens with zero attached hydrogens (tertiary/aromatic N) is 1. The van der Waals surface area contributed by atoms with Gasteiger partial charge in [0.15, 0.2) is 0 Å². The molecule has 2 atom stereocenters. The van der Waals surface area contributed by atoms with E-state index in [0.717, 1.165) is 13.0 Å². The van der Waals surface area contributed by atoms with E-state index < -0.39 is 17.4 Å². The lowest BCUT2D eigenvalue weighted by Gasteiger charge is -2.43. The molecule has 0 amide bonds. The van der Waals surface area contributed by atoms with Crippen molar-refractivity contribution < 1.29 is 23.0 Å².